The summed E-state index contributed by atoms with van der Waals surface area (Å²) in [6.07, 6.45) is 5.17. The van der Waals surface area contributed by atoms with Crippen LogP contribution < -0.4 is 10.6 Å². The molecule has 0 aromatic heterocycles. The summed E-state index contributed by atoms with van der Waals surface area (Å²) in [5, 5.41) is 5.76. The molecule has 5 nitrogen and oxygen atoms in total. The second kappa shape index (κ2) is 7.34. The summed E-state index contributed by atoms with van der Waals surface area (Å²) < 4.78 is 0. The molecule has 130 valence electrons. The third-order valence-electron chi connectivity index (χ3n) is 5.21. The van der Waals surface area contributed by atoms with E-state index in [9.17, 15) is 9.59 Å². The highest BCUT2D eigenvalue weighted by Crippen LogP contribution is 2.22. The first-order valence-electron chi connectivity index (χ1n) is 8.87. The van der Waals surface area contributed by atoms with E-state index in [1.807, 2.05) is 7.05 Å². The zero-order valence-corrected chi connectivity index (χ0v) is 14.6. The van der Waals surface area contributed by atoms with E-state index in [0.717, 1.165) is 18.4 Å². The van der Waals surface area contributed by atoms with E-state index in [0.29, 0.717) is 19.5 Å². The Labute approximate surface area is 143 Å². The standard InChI is InChI=1S/C19H27N3O2/c1-20-19(24)16-11-22(2)12-17(16)21-18(23)10-13-7-8-14-5-3-4-6-15(14)9-13/h7-9,16-17H,3-6,10-12H2,1-2H3,(H,20,24)(H,21,23)/t16-,17+/m1/s1. The van der Waals surface area contributed by atoms with Gasteiger partial charge in [0.2, 0.25) is 11.8 Å². The molecule has 0 bridgehead atoms. The molecule has 2 aliphatic rings. The van der Waals surface area contributed by atoms with Gasteiger partial charge >= 0.3 is 0 Å². The van der Waals surface area contributed by atoms with E-state index in [1.165, 1.54) is 24.0 Å². The number of hydrogen-bond donors (Lipinski definition) is 2. The summed E-state index contributed by atoms with van der Waals surface area (Å²) in [6, 6.07) is 6.32. The van der Waals surface area contributed by atoms with Crippen LogP contribution in [-0.2, 0) is 28.9 Å². The van der Waals surface area contributed by atoms with E-state index in [2.05, 4.69) is 33.7 Å². The number of carbonyl (C=O) groups is 2. The minimum absolute atomic E-state index is 0.0000347. The van der Waals surface area contributed by atoms with Gasteiger partial charge < -0.3 is 15.5 Å². The Kier molecular flexibility index (Phi) is 5.19. The largest absolute Gasteiger partial charge is 0.359 e. The summed E-state index contributed by atoms with van der Waals surface area (Å²) in [5.74, 6) is -0.175. The van der Waals surface area contributed by atoms with Crippen molar-refractivity contribution in [1.82, 2.24) is 15.5 Å². The van der Waals surface area contributed by atoms with Gasteiger partial charge in [-0.05, 0) is 49.4 Å². The summed E-state index contributed by atoms with van der Waals surface area (Å²) in [6.45, 7) is 1.40. The molecule has 1 fully saturated rings. The van der Waals surface area contributed by atoms with Crippen molar-refractivity contribution in [2.75, 3.05) is 27.2 Å². The van der Waals surface area contributed by atoms with Crippen molar-refractivity contribution in [2.45, 2.75) is 38.1 Å². The number of likely N-dealkylation sites (tertiary alicyclic amines) is 1. The number of nitrogens with zero attached hydrogens (tertiary/aromatic N) is 1. The Morgan fingerprint density at radius 2 is 1.92 bits per heavy atom. The molecule has 1 aromatic rings. The Morgan fingerprint density at radius 1 is 1.17 bits per heavy atom. The van der Waals surface area contributed by atoms with Gasteiger partial charge in [-0.1, -0.05) is 18.2 Å². The van der Waals surface area contributed by atoms with Crippen molar-refractivity contribution < 1.29 is 9.59 Å². The summed E-state index contributed by atoms with van der Waals surface area (Å²) in [5.41, 5.74) is 3.90. The fourth-order valence-electron chi connectivity index (χ4n) is 3.94. The molecule has 2 N–H and O–H groups in total. The number of fused-ring (bicyclic) bond motifs is 1. The topological polar surface area (TPSA) is 61.4 Å². The fourth-order valence-corrected chi connectivity index (χ4v) is 3.94. The molecular formula is C19H27N3O2. The SMILES string of the molecule is CNC(=O)[C@@H]1CN(C)C[C@@H]1NC(=O)Cc1ccc2c(c1)CCCC2. The lowest BCUT2D eigenvalue weighted by atomic mass is 9.90. The smallest absolute Gasteiger partial charge is 0.226 e. The van der Waals surface area contributed by atoms with Crippen LogP contribution in [-0.4, -0.2) is 49.9 Å². The second-order valence-electron chi connectivity index (χ2n) is 7.10. The maximum Gasteiger partial charge on any atom is 0.226 e. The van der Waals surface area contributed by atoms with Crippen LogP contribution in [0.4, 0.5) is 0 Å². The van der Waals surface area contributed by atoms with Crippen LogP contribution >= 0.6 is 0 Å². The number of carbonyl (C=O) groups excluding carboxylic acids is 2. The first kappa shape index (κ1) is 17.0. The number of rotatable bonds is 4. The Balaban J connectivity index is 1.62. The van der Waals surface area contributed by atoms with Gasteiger partial charge in [-0.2, -0.15) is 0 Å². The van der Waals surface area contributed by atoms with E-state index < -0.39 is 0 Å². The molecule has 0 saturated carbocycles. The van der Waals surface area contributed by atoms with Crippen molar-refractivity contribution in [3.05, 3.63) is 34.9 Å². The molecular weight excluding hydrogens is 302 g/mol. The summed E-state index contributed by atoms with van der Waals surface area (Å²) in [7, 11) is 3.62. The van der Waals surface area contributed by atoms with Crippen LogP contribution in [0.5, 0.6) is 0 Å². The Morgan fingerprint density at radius 3 is 2.67 bits per heavy atom. The van der Waals surface area contributed by atoms with E-state index in [-0.39, 0.29) is 23.8 Å². The van der Waals surface area contributed by atoms with E-state index >= 15 is 0 Å². The van der Waals surface area contributed by atoms with Gasteiger partial charge in [0.25, 0.3) is 0 Å². The van der Waals surface area contributed by atoms with Gasteiger partial charge in [0.1, 0.15) is 0 Å². The third kappa shape index (κ3) is 3.78. The van der Waals surface area contributed by atoms with Gasteiger partial charge in [0, 0.05) is 20.1 Å². The van der Waals surface area contributed by atoms with Crippen LogP contribution in [0.25, 0.3) is 0 Å². The molecule has 2 amide bonds. The van der Waals surface area contributed by atoms with Crippen LogP contribution in [0.2, 0.25) is 0 Å². The lowest BCUT2D eigenvalue weighted by molar-refractivity contribution is -0.125. The molecule has 5 heteroatoms. The van der Waals surface area contributed by atoms with E-state index in [4.69, 9.17) is 0 Å². The van der Waals surface area contributed by atoms with Crippen LogP contribution in [0.3, 0.4) is 0 Å². The molecule has 0 unspecified atom stereocenters. The normalized spacial score (nSPS) is 23.6. The maximum atomic E-state index is 12.4. The van der Waals surface area contributed by atoms with Gasteiger partial charge in [0.05, 0.1) is 18.4 Å². The molecule has 3 rings (SSSR count). The van der Waals surface area contributed by atoms with Crippen molar-refractivity contribution in [3.63, 3.8) is 0 Å². The molecule has 1 saturated heterocycles. The van der Waals surface area contributed by atoms with Gasteiger partial charge in [-0.25, -0.2) is 0 Å². The molecule has 2 atom stereocenters. The quantitative estimate of drug-likeness (QED) is 0.863. The second-order valence-corrected chi connectivity index (χ2v) is 7.10. The van der Waals surface area contributed by atoms with Gasteiger partial charge in [-0.3, -0.25) is 9.59 Å². The number of benzene rings is 1. The average molecular weight is 329 g/mol. The van der Waals surface area contributed by atoms with Crippen molar-refractivity contribution in [3.8, 4) is 0 Å². The van der Waals surface area contributed by atoms with Crippen LogP contribution in [0.1, 0.15) is 29.5 Å². The fraction of sp³-hybridized carbons (Fsp3) is 0.579. The number of hydrogen-bond acceptors (Lipinski definition) is 3. The number of aryl methyl sites for hydroxylation is 2. The lowest BCUT2D eigenvalue weighted by Crippen LogP contribution is -2.46. The van der Waals surface area contributed by atoms with Crippen molar-refractivity contribution in [1.29, 1.82) is 0 Å². The molecule has 1 aliphatic carbocycles. The predicted octanol–water partition coefficient (Wildman–Crippen LogP) is 0.900. The van der Waals surface area contributed by atoms with Crippen LogP contribution in [0, 0.1) is 5.92 Å². The molecule has 1 aromatic carbocycles. The zero-order chi connectivity index (χ0) is 17.1. The number of nitrogens with one attached hydrogen (secondary N) is 2. The van der Waals surface area contributed by atoms with Crippen molar-refractivity contribution in [2.24, 2.45) is 5.92 Å². The van der Waals surface area contributed by atoms with Gasteiger partial charge in [0.15, 0.2) is 0 Å². The monoisotopic (exact) mass is 329 g/mol. The number of amides is 2. The summed E-state index contributed by atoms with van der Waals surface area (Å²) >= 11 is 0. The van der Waals surface area contributed by atoms with E-state index in [1.54, 1.807) is 7.05 Å². The van der Waals surface area contributed by atoms with Crippen LogP contribution in [0.15, 0.2) is 18.2 Å². The highest BCUT2D eigenvalue weighted by Gasteiger charge is 2.36. The minimum atomic E-state index is -0.174. The highest BCUT2D eigenvalue weighted by atomic mass is 16.2. The Hall–Kier alpha value is -1.88. The maximum absolute atomic E-state index is 12.4. The van der Waals surface area contributed by atoms with Crippen molar-refractivity contribution >= 4 is 11.8 Å². The molecule has 0 radical (unpaired) electrons. The highest BCUT2D eigenvalue weighted by molar-refractivity contribution is 5.83. The summed E-state index contributed by atoms with van der Waals surface area (Å²) in [4.78, 5) is 26.5. The molecule has 1 aliphatic heterocycles. The molecule has 0 spiro atoms. The first-order valence-corrected chi connectivity index (χ1v) is 8.87. The minimum Gasteiger partial charge on any atom is -0.359 e. The lowest BCUT2D eigenvalue weighted by Gasteiger charge is -2.19. The first-order chi connectivity index (χ1) is 11.6. The van der Waals surface area contributed by atoms with Gasteiger partial charge in [-0.15, -0.1) is 0 Å². The number of likely N-dealkylation sites (N-methyl/N-ethyl adjacent to an activating group) is 1. The predicted molar refractivity (Wildman–Crippen MR) is 93.8 cm³/mol. The third-order valence-corrected chi connectivity index (χ3v) is 5.21. The molecule has 24 heavy (non-hydrogen) atoms. The zero-order valence-electron chi connectivity index (χ0n) is 14.6. The molecule has 1 heterocycles. The Bertz CT molecular complexity index is 629. The average Bonchev–Trinajstić information content (AvgIpc) is 2.94.